The van der Waals surface area contributed by atoms with Crippen LogP contribution in [0, 0.1) is 0 Å². The van der Waals surface area contributed by atoms with Crippen LogP contribution in [0.2, 0.25) is 0 Å². The van der Waals surface area contributed by atoms with Gasteiger partial charge in [-0.2, -0.15) is 0 Å². The van der Waals surface area contributed by atoms with Crippen molar-refractivity contribution in [3.05, 3.63) is 35.9 Å². The number of carbonyl (C=O) groups excluding carboxylic acids is 1. The highest BCUT2D eigenvalue weighted by Gasteiger charge is 2.48. The first-order valence-corrected chi connectivity index (χ1v) is 6.57. The van der Waals surface area contributed by atoms with E-state index in [0.717, 1.165) is 19.3 Å². The van der Waals surface area contributed by atoms with Gasteiger partial charge in [-0.3, -0.25) is 4.79 Å². The Morgan fingerprint density at radius 3 is 2.65 bits per heavy atom. The van der Waals surface area contributed by atoms with Crippen molar-refractivity contribution in [3.63, 3.8) is 0 Å². The Bertz CT molecular complexity index is 412. The molecular weight excluding hydrogens is 212 g/mol. The van der Waals surface area contributed by atoms with Gasteiger partial charge in [-0.25, -0.2) is 0 Å². The number of hydrogen-bond donors (Lipinski definition) is 0. The highest BCUT2D eigenvalue weighted by atomic mass is 16.6. The number of ether oxygens (including phenoxy) is 1. The number of benzene rings is 1. The molecule has 90 valence electrons. The van der Waals surface area contributed by atoms with Crippen molar-refractivity contribution in [3.8, 4) is 0 Å². The van der Waals surface area contributed by atoms with Gasteiger partial charge in [0.15, 0.2) is 0 Å². The van der Waals surface area contributed by atoms with Crippen LogP contribution in [-0.4, -0.2) is 11.6 Å². The van der Waals surface area contributed by atoms with E-state index < -0.39 is 0 Å². The SMILES string of the molecule is O=C1CC[C@]2(CCCC[C@@H]2c2ccccc2)O1. The van der Waals surface area contributed by atoms with E-state index >= 15 is 0 Å². The van der Waals surface area contributed by atoms with Crippen molar-refractivity contribution < 1.29 is 9.53 Å². The molecule has 1 aromatic rings. The third-order valence-corrected chi connectivity index (χ3v) is 4.25. The molecule has 1 aliphatic carbocycles. The van der Waals surface area contributed by atoms with Gasteiger partial charge in [-0.05, 0) is 31.2 Å². The Hall–Kier alpha value is -1.31. The third kappa shape index (κ3) is 1.86. The van der Waals surface area contributed by atoms with Crippen molar-refractivity contribution in [1.82, 2.24) is 0 Å². The molecule has 2 atom stereocenters. The predicted molar refractivity (Wildman–Crippen MR) is 65.7 cm³/mol. The molecule has 1 aromatic carbocycles. The first kappa shape index (κ1) is 10.8. The lowest BCUT2D eigenvalue weighted by atomic mass is 9.71. The summed E-state index contributed by atoms with van der Waals surface area (Å²) in [4.78, 5) is 11.5. The molecule has 2 aliphatic rings. The fourth-order valence-corrected chi connectivity index (χ4v) is 3.43. The highest BCUT2D eigenvalue weighted by Crippen LogP contribution is 2.48. The normalized spacial score (nSPS) is 32.7. The van der Waals surface area contributed by atoms with Crippen molar-refractivity contribution in [2.24, 2.45) is 0 Å². The average Bonchev–Trinajstić information content (AvgIpc) is 2.73. The van der Waals surface area contributed by atoms with Gasteiger partial charge in [0, 0.05) is 12.3 Å². The number of carbonyl (C=O) groups is 1. The Kier molecular flexibility index (Phi) is 2.65. The van der Waals surface area contributed by atoms with Crippen LogP contribution >= 0.6 is 0 Å². The smallest absolute Gasteiger partial charge is 0.306 e. The molecule has 2 heteroatoms. The molecule has 1 heterocycles. The monoisotopic (exact) mass is 230 g/mol. The molecule has 0 bridgehead atoms. The molecule has 1 spiro atoms. The minimum Gasteiger partial charge on any atom is -0.458 e. The molecule has 1 saturated heterocycles. The van der Waals surface area contributed by atoms with Crippen molar-refractivity contribution in [2.45, 2.75) is 50.0 Å². The minimum absolute atomic E-state index is 0.00664. The lowest BCUT2D eigenvalue weighted by Crippen LogP contribution is -2.38. The van der Waals surface area contributed by atoms with Crippen LogP contribution in [0.25, 0.3) is 0 Å². The topological polar surface area (TPSA) is 26.3 Å². The van der Waals surface area contributed by atoms with Gasteiger partial charge in [-0.1, -0.05) is 36.8 Å². The highest BCUT2D eigenvalue weighted by molar-refractivity contribution is 5.72. The Labute approximate surface area is 102 Å². The molecule has 0 N–H and O–H groups in total. The van der Waals surface area contributed by atoms with Crippen LogP contribution in [0.3, 0.4) is 0 Å². The molecule has 2 nitrogen and oxygen atoms in total. The van der Waals surface area contributed by atoms with E-state index in [2.05, 4.69) is 24.3 Å². The zero-order valence-electron chi connectivity index (χ0n) is 10.0. The van der Waals surface area contributed by atoms with Crippen molar-refractivity contribution in [1.29, 1.82) is 0 Å². The van der Waals surface area contributed by atoms with E-state index in [-0.39, 0.29) is 11.6 Å². The zero-order valence-corrected chi connectivity index (χ0v) is 10.0. The third-order valence-electron chi connectivity index (χ3n) is 4.25. The lowest BCUT2D eigenvalue weighted by molar-refractivity contribution is -0.152. The first-order valence-electron chi connectivity index (χ1n) is 6.57. The predicted octanol–water partition coefficient (Wildman–Crippen LogP) is 3.42. The Morgan fingerprint density at radius 1 is 1.12 bits per heavy atom. The molecular formula is C15H18O2. The summed E-state index contributed by atoms with van der Waals surface area (Å²) in [5.74, 6) is 0.400. The molecule has 1 aliphatic heterocycles. The fourth-order valence-electron chi connectivity index (χ4n) is 3.43. The second-order valence-corrected chi connectivity index (χ2v) is 5.25. The van der Waals surface area contributed by atoms with Gasteiger partial charge in [-0.15, -0.1) is 0 Å². The van der Waals surface area contributed by atoms with Gasteiger partial charge in [0.2, 0.25) is 0 Å². The summed E-state index contributed by atoms with van der Waals surface area (Å²) >= 11 is 0. The maximum absolute atomic E-state index is 11.5. The van der Waals surface area contributed by atoms with E-state index in [4.69, 9.17) is 4.74 Å². The van der Waals surface area contributed by atoms with Crippen LogP contribution in [0.15, 0.2) is 30.3 Å². The van der Waals surface area contributed by atoms with E-state index in [1.165, 1.54) is 18.4 Å². The van der Waals surface area contributed by atoms with Gasteiger partial charge >= 0.3 is 5.97 Å². The standard InChI is InChI=1S/C15H18O2/c16-14-9-11-15(17-14)10-5-4-8-13(15)12-6-2-1-3-7-12/h1-3,6-7,13H,4-5,8-11H2/t13-,15+/m1/s1. The van der Waals surface area contributed by atoms with Crippen molar-refractivity contribution in [2.75, 3.05) is 0 Å². The second kappa shape index (κ2) is 4.17. The maximum Gasteiger partial charge on any atom is 0.306 e. The molecule has 0 aromatic heterocycles. The van der Waals surface area contributed by atoms with E-state index in [1.54, 1.807) is 0 Å². The van der Waals surface area contributed by atoms with E-state index in [0.29, 0.717) is 12.3 Å². The Morgan fingerprint density at radius 2 is 1.94 bits per heavy atom. The van der Waals surface area contributed by atoms with Crippen molar-refractivity contribution >= 4 is 5.97 Å². The van der Waals surface area contributed by atoms with Gasteiger partial charge in [0.25, 0.3) is 0 Å². The van der Waals surface area contributed by atoms with E-state index in [9.17, 15) is 4.79 Å². The van der Waals surface area contributed by atoms with Gasteiger partial charge < -0.3 is 4.74 Å². The van der Waals surface area contributed by atoms with Gasteiger partial charge in [0.05, 0.1) is 0 Å². The summed E-state index contributed by atoms with van der Waals surface area (Å²) < 4.78 is 5.72. The minimum atomic E-state index is -0.184. The van der Waals surface area contributed by atoms with Crippen LogP contribution in [0.4, 0.5) is 0 Å². The maximum atomic E-state index is 11.5. The summed E-state index contributed by atoms with van der Waals surface area (Å²) in [5, 5.41) is 0. The summed E-state index contributed by atoms with van der Waals surface area (Å²) in [6.45, 7) is 0. The molecule has 0 radical (unpaired) electrons. The fraction of sp³-hybridized carbons (Fsp3) is 0.533. The number of hydrogen-bond acceptors (Lipinski definition) is 2. The summed E-state index contributed by atoms with van der Waals surface area (Å²) in [5.41, 5.74) is 1.15. The van der Waals surface area contributed by atoms with Crippen LogP contribution in [0.5, 0.6) is 0 Å². The van der Waals surface area contributed by atoms with Gasteiger partial charge in [0.1, 0.15) is 5.60 Å². The van der Waals surface area contributed by atoms with Crippen LogP contribution in [0.1, 0.15) is 50.0 Å². The largest absolute Gasteiger partial charge is 0.458 e. The molecule has 0 amide bonds. The summed E-state index contributed by atoms with van der Waals surface area (Å²) in [6, 6.07) is 10.5. The molecule has 1 saturated carbocycles. The molecule has 3 rings (SSSR count). The van der Waals surface area contributed by atoms with E-state index in [1.807, 2.05) is 6.07 Å². The molecule has 17 heavy (non-hydrogen) atoms. The average molecular weight is 230 g/mol. The number of rotatable bonds is 1. The van der Waals surface area contributed by atoms with Crippen LogP contribution in [-0.2, 0) is 9.53 Å². The quantitative estimate of drug-likeness (QED) is 0.691. The molecule has 2 fully saturated rings. The van der Waals surface area contributed by atoms with Crippen LogP contribution < -0.4 is 0 Å². The second-order valence-electron chi connectivity index (χ2n) is 5.25. The molecule has 0 unspecified atom stereocenters. The number of esters is 1. The zero-order chi connectivity index (χ0) is 11.7. The Balaban J connectivity index is 1.93. The summed E-state index contributed by atoms with van der Waals surface area (Å²) in [6.07, 6.45) is 6.14. The lowest BCUT2D eigenvalue weighted by Gasteiger charge is -2.40. The summed E-state index contributed by atoms with van der Waals surface area (Å²) in [7, 11) is 0. The first-order chi connectivity index (χ1) is 8.30.